The van der Waals surface area contributed by atoms with E-state index < -0.39 is 0 Å². The molecule has 0 saturated carbocycles. The van der Waals surface area contributed by atoms with Crippen LogP contribution in [0.2, 0.25) is 0 Å². The Balaban J connectivity index is 0.00000218. The van der Waals surface area contributed by atoms with E-state index in [1.807, 2.05) is 35.9 Å². The number of hydrogen-bond donors (Lipinski definition) is 0. The maximum atomic E-state index is 4.71. The molecular weight excluding hydrogens is 551 g/mol. The second kappa shape index (κ2) is 7.98. The minimum atomic E-state index is 0. The summed E-state index contributed by atoms with van der Waals surface area (Å²) >= 11 is 0. The van der Waals surface area contributed by atoms with Gasteiger partial charge in [0.25, 0.3) is 0 Å². The van der Waals surface area contributed by atoms with Gasteiger partial charge in [-0.25, -0.2) is 0 Å². The van der Waals surface area contributed by atoms with Crippen molar-refractivity contribution < 1.29 is 20.1 Å². The quantitative estimate of drug-likeness (QED) is 0.287. The molecule has 0 saturated heterocycles. The van der Waals surface area contributed by atoms with E-state index >= 15 is 0 Å². The zero-order valence-corrected chi connectivity index (χ0v) is 19.3. The predicted octanol–water partition coefficient (Wildman–Crippen LogP) is 5.00. The van der Waals surface area contributed by atoms with E-state index in [1.54, 1.807) is 6.33 Å². The molecule has 5 aromatic rings. The summed E-state index contributed by atoms with van der Waals surface area (Å²) in [6.07, 6.45) is 1.60. The summed E-state index contributed by atoms with van der Waals surface area (Å²) in [6, 6.07) is 23.9. The first-order valence-corrected chi connectivity index (χ1v) is 9.56. The van der Waals surface area contributed by atoms with Gasteiger partial charge in [0, 0.05) is 31.3 Å². The van der Waals surface area contributed by atoms with Crippen molar-refractivity contribution in [1.82, 2.24) is 24.3 Å². The number of para-hydroxylation sites is 2. The molecule has 6 heteroatoms. The van der Waals surface area contributed by atoms with Gasteiger partial charge < -0.3 is 4.57 Å². The first-order valence-electron chi connectivity index (χ1n) is 9.56. The van der Waals surface area contributed by atoms with Crippen molar-refractivity contribution in [3.05, 3.63) is 90.0 Å². The number of aromatic nitrogens is 5. The summed E-state index contributed by atoms with van der Waals surface area (Å²) in [4.78, 5) is 9.26. The van der Waals surface area contributed by atoms with Crippen molar-refractivity contribution in [2.24, 2.45) is 0 Å². The number of rotatable bonds is 3. The summed E-state index contributed by atoms with van der Waals surface area (Å²) in [6.45, 7) is 6.20. The molecule has 5 nitrogen and oxygen atoms in total. The van der Waals surface area contributed by atoms with Gasteiger partial charge >= 0.3 is 0 Å². The van der Waals surface area contributed by atoms with Crippen LogP contribution in [0.5, 0.6) is 0 Å². The Hall–Kier alpha value is -3.08. The fourth-order valence-electron chi connectivity index (χ4n) is 3.90. The van der Waals surface area contributed by atoms with Gasteiger partial charge in [-0.15, -0.1) is 23.8 Å². The second-order valence-corrected chi connectivity index (χ2v) is 7.18. The van der Waals surface area contributed by atoms with Crippen LogP contribution in [-0.2, 0) is 20.1 Å². The summed E-state index contributed by atoms with van der Waals surface area (Å²) in [5.41, 5.74) is 7.27. The van der Waals surface area contributed by atoms with Crippen LogP contribution in [0.4, 0.5) is 0 Å². The Bertz CT molecular complexity index is 1310. The Morgan fingerprint density at radius 3 is 2.37 bits per heavy atom. The van der Waals surface area contributed by atoms with E-state index in [9.17, 15) is 0 Å². The molecule has 0 fully saturated rings. The molecule has 2 aromatic heterocycles. The standard InChI is InChI=1S/C24H20N5.Ir/c1-16-8-7-9-17(2)23(16)29-24(25-15-26-29)19-12-13-21-22(14-19)28(18(3)27-21)20-10-5-4-6-11-20;/h4-11,13-15H,1-3H3;/q-1;. The molecule has 5 rings (SSSR count). The third kappa shape index (κ3) is 3.28. The summed E-state index contributed by atoms with van der Waals surface area (Å²) in [5.74, 6) is 1.70. The molecule has 151 valence electrons. The molecule has 1 radical (unpaired) electrons. The molecule has 0 atom stereocenters. The monoisotopic (exact) mass is 571 g/mol. The Kier molecular flexibility index (Phi) is 5.37. The number of hydrogen-bond acceptors (Lipinski definition) is 3. The van der Waals surface area contributed by atoms with Crippen LogP contribution in [0.1, 0.15) is 17.0 Å². The van der Waals surface area contributed by atoms with E-state index in [2.05, 4.69) is 71.0 Å². The summed E-state index contributed by atoms with van der Waals surface area (Å²) in [7, 11) is 0. The van der Waals surface area contributed by atoms with Crippen LogP contribution in [0.15, 0.2) is 67.0 Å². The summed E-state index contributed by atoms with van der Waals surface area (Å²) < 4.78 is 4.06. The van der Waals surface area contributed by atoms with Crippen molar-refractivity contribution in [3.63, 3.8) is 0 Å². The maximum Gasteiger partial charge on any atom is 0.127 e. The maximum absolute atomic E-state index is 4.71. The van der Waals surface area contributed by atoms with Crippen molar-refractivity contribution in [2.45, 2.75) is 20.8 Å². The molecule has 2 heterocycles. The molecule has 0 aliphatic rings. The minimum absolute atomic E-state index is 0. The van der Waals surface area contributed by atoms with Gasteiger partial charge in [-0.1, -0.05) is 36.4 Å². The van der Waals surface area contributed by atoms with Crippen molar-refractivity contribution >= 4 is 11.0 Å². The number of benzene rings is 3. The topological polar surface area (TPSA) is 48.5 Å². The number of imidazole rings is 1. The number of aryl methyl sites for hydroxylation is 3. The van der Waals surface area contributed by atoms with E-state index in [1.165, 1.54) is 0 Å². The largest absolute Gasteiger partial charge is 0.315 e. The Labute approximate surface area is 188 Å². The van der Waals surface area contributed by atoms with Crippen LogP contribution < -0.4 is 0 Å². The van der Waals surface area contributed by atoms with Gasteiger partial charge in [-0.05, 0) is 49.5 Å². The molecule has 0 N–H and O–H groups in total. The van der Waals surface area contributed by atoms with Crippen LogP contribution in [-0.4, -0.2) is 24.3 Å². The fraction of sp³-hybridized carbons (Fsp3) is 0.125. The molecular formula is C24H20IrN5-. The van der Waals surface area contributed by atoms with E-state index in [0.717, 1.165) is 50.7 Å². The fourth-order valence-corrected chi connectivity index (χ4v) is 3.90. The van der Waals surface area contributed by atoms with E-state index in [0.29, 0.717) is 0 Å². The van der Waals surface area contributed by atoms with Crippen LogP contribution in [0.25, 0.3) is 33.8 Å². The first kappa shape index (κ1) is 20.2. The average Bonchev–Trinajstić information content (AvgIpc) is 3.32. The number of nitrogens with zero attached hydrogens (tertiary/aromatic N) is 5. The zero-order chi connectivity index (χ0) is 20.0. The molecule has 0 aliphatic heterocycles. The van der Waals surface area contributed by atoms with Gasteiger partial charge in [0.05, 0.1) is 17.3 Å². The van der Waals surface area contributed by atoms with E-state index in [-0.39, 0.29) is 20.1 Å². The van der Waals surface area contributed by atoms with Gasteiger partial charge in [-0.3, -0.25) is 14.6 Å². The summed E-state index contributed by atoms with van der Waals surface area (Å²) in [5, 5.41) is 4.51. The first-order chi connectivity index (χ1) is 14.1. The van der Waals surface area contributed by atoms with Gasteiger partial charge in [0.2, 0.25) is 0 Å². The molecule has 0 unspecified atom stereocenters. The molecule has 0 aliphatic carbocycles. The zero-order valence-electron chi connectivity index (χ0n) is 16.9. The normalized spacial score (nSPS) is 10.9. The van der Waals surface area contributed by atoms with Crippen LogP contribution in [0.3, 0.4) is 0 Å². The average molecular weight is 571 g/mol. The van der Waals surface area contributed by atoms with Crippen LogP contribution in [0, 0.1) is 26.8 Å². The van der Waals surface area contributed by atoms with E-state index in [4.69, 9.17) is 4.98 Å². The van der Waals surface area contributed by atoms with Gasteiger partial charge in [-0.2, -0.15) is 5.10 Å². The van der Waals surface area contributed by atoms with Crippen molar-refractivity contribution in [2.75, 3.05) is 0 Å². The van der Waals surface area contributed by atoms with Crippen LogP contribution >= 0.6 is 0 Å². The molecule has 0 spiro atoms. The molecule has 3 aromatic carbocycles. The van der Waals surface area contributed by atoms with Crippen molar-refractivity contribution in [1.29, 1.82) is 0 Å². The predicted molar refractivity (Wildman–Crippen MR) is 114 cm³/mol. The molecule has 0 bridgehead atoms. The third-order valence-corrected chi connectivity index (χ3v) is 5.21. The second-order valence-electron chi connectivity index (χ2n) is 7.18. The Morgan fingerprint density at radius 2 is 1.63 bits per heavy atom. The van der Waals surface area contributed by atoms with Gasteiger partial charge in [0.1, 0.15) is 6.33 Å². The smallest absolute Gasteiger partial charge is 0.127 e. The SMILES string of the molecule is Cc1cccc(C)c1-n1ncnc1-c1[c-]cc2nc(C)n(-c3ccccc3)c2c1.[Ir]. The third-order valence-electron chi connectivity index (χ3n) is 5.21. The minimum Gasteiger partial charge on any atom is -0.315 e. The van der Waals surface area contributed by atoms with Gasteiger partial charge in [0.15, 0.2) is 0 Å². The Morgan fingerprint density at radius 1 is 0.900 bits per heavy atom. The molecule has 0 amide bonds. The molecule has 30 heavy (non-hydrogen) atoms. The number of fused-ring (bicyclic) bond motifs is 1. The van der Waals surface area contributed by atoms with Crippen molar-refractivity contribution in [3.8, 4) is 22.8 Å².